The second-order valence-electron chi connectivity index (χ2n) is 8.11. The molecule has 1 amide bonds. The van der Waals surface area contributed by atoms with Crippen molar-refractivity contribution >= 4 is 22.5 Å². The Labute approximate surface area is 175 Å². The van der Waals surface area contributed by atoms with E-state index < -0.39 is 5.82 Å². The lowest BCUT2D eigenvalue weighted by molar-refractivity contribution is 0.102. The van der Waals surface area contributed by atoms with E-state index in [0.717, 1.165) is 17.9 Å². The fourth-order valence-corrected chi connectivity index (χ4v) is 3.12. The third-order valence-corrected chi connectivity index (χ3v) is 5.11. The number of aromatic nitrogens is 1. The molecule has 1 aliphatic carbocycles. The van der Waals surface area contributed by atoms with Crippen molar-refractivity contribution < 1.29 is 13.9 Å². The summed E-state index contributed by atoms with van der Waals surface area (Å²) in [6.07, 6.45) is 4.11. The fourth-order valence-electron chi connectivity index (χ4n) is 3.12. The van der Waals surface area contributed by atoms with Gasteiger partial charge in [-0.3, -0.25) is 9.78 Å². The Kier molecular flexibility index (Phi) is 5.95. The smallest absolute Gasteiger partial charge is 0.255 e. The van der Waals surface area contributed by atoms with Crippen molar-refractivity contribution in [2.45, 2.75) is 39.3 Å². The quantitative estimate of drug-likeness (QED) is 0.557. The third-order valence-electron chi connectivity index (χ3n) is 5.11. The van der Waals surface area contributed by atoms with Gasteiger partial charge < -0.3 is 15.4 Å². The second kappa shape index (κ2) is 8.79. The lowest BCUT2D eigenvalue weighted by Gasteiger charge is -2.11. The highest BCUT2D eigenvalue weighted by atomic mass is 19.1. The molecule has 0 spiro atoms. The standard InChI is InChI=1S/C24H26FN3O2/c1-15(2)26-12-17-11-19-7-10-21(22(25)23(19)27-13-17)28-24(29)18-5-8-20(9-6-18)30-14-16-3-4-16/h5-11,13,15-16,26H,3-4,12,14H2,1-2H3,(H,28,29). The summed E-state index contributed by atoms with van der Waals surface area (Å²) in [7, 11) is 0. The van der Waals surface area contributed by atoms with E-state index >= 15 is 0 Å². The number of ether oxygens (including phenoxy) is 1. The molecule has 3 aromatic rings. The number of nitrogens with one attached hydrogen (secondary N) is 2. The molecule has 0 saturated heterocycles. The van der Waals surface area contributed by atoms with Crippen LogP contribution in [0.1, 0.15) is 42.6 Å². The minimum atomic E-state index is -0.534. The van der Waals surface area contributed by atoms with Crippen molar-refractivity contribution in [1.29, 1.82) is 0 Å². The van der Waals surface area contributed by atoms with Crippen molar-refractivity contribution in [3.05, 3.63) is 65.6 Å². The number of fused-ring (bicyclic) bond motifs is 1. The minimum Gasteiger partial charge on any atom is -0.493 e. The van der Waals surface area contributed by atoms with Crippen molar-refractivity contribution in [3.8, 4) is 5.75 Å². The molecule has 4 rings (SSSR count). The monoisotopic (exact) mass is 407 g/mol. The van der Waals surface area contributed by atoms with E-state index in [2.05, 4.69) is 29.5 Å². The number of anilines is 1. The van der Waals surface area contributed by atoms with Crippen LogP contribution < -0.4 is 15.4 Å². The predicted octanol–water partition coefficient (Wildman–Crippen LogP) is 4.91. The Hall–Kier alpha value is -2.99. The van der Waals surface area contributed by atoms with Gasteiger partial charge in [0, 0.05) is 29.7 Å². The normalized spacial score (nSPS) is 13.6. The number of benzene rings is 2. The Morgan fingerprint density at radius 3 is 2.67 bits per heavy atom. The van der Waals surface area contributed by atoms with Crippen LogP contribution in [0.3, 0.4) is 0 Å². The van der Waals surface area contributed by atoms with Crippen LogP contribution in [0.25, 0.3) is 10.9 Å². The second-order valence-corrected chi connectivity index (χ2v) is 8.11. The van der Waals surface area contributed by atoms with Gasteiger partial charge >= 0.3 is 0 Å². The highest BCUT2D eigenvalue weighted by Crippen LogP contribution is 2.29. The first kappa shape index (κ1) is 20.3. The van der Waals surface area contributed by atoms with Gasteiger partial charge in [0.25, 0.3) is 5.91 Å². The number of pyridine rings is 1. The maximum atomic E-state index is 14.9. The van der Waals surface area contributed by atoms with Crippen molar-refractivity contribution in [2.75, 3.05) is 11.9 Å². The number of hydrogen-bond donors (Lipinski definition) is 2. The highest BCUT2D eigenvalue weighted by Gasteiger charge is 2.22. The van der Waals surface area contributed by atoms with Crippen LogP contribution in [0.15, 0.2) is 48.7 Å². The van der Waals surface area contributed by atoms with Gasteiger partial charge in [0.05, 0.1) is 12.3 Å². The molecule has 6 heteroatoms. The van der Waals surface area contributed by atoms with Crippen molar-refractivity contribution in [3.63, 3.8) is 0 Å². The summed E-state index contributed by atoms with van der Waals surface area (Å²) in [5.41, 5.74) is 1.78. The highest BCUT2D eigenvalue weighted by molar-refractivity contribution is 6.05. The van der Waals surface area contributed by atoms with Gasteiger partial charge in [-0.15, -0.1) is 0 Å². The molecule has 156 valence electrons. The molecule has 1 heterocycles. The van der Waals surface area contributed by atoms with Gasteiger partial charge in [-0.05, 0) is 60.7 Å². The van der Waals surface area contributed by atoms with E-state index in [9.17, 15) is 9.18 Å². The molecule has 2 aromatic carbocycles. The molecule has 0 bridgehead atoms. The summed E-state index contributed by atoms with van der Waals surface area (Å²) in [5.74, 6) is 0.496. The zero-order chi connectivity index (χ0) is 21.1. The van der Waals surface area contributed by atoms with E-state index in [1.807, 2.05) is 6.07 Å². The number of carbonyl (C=O) groups excluding carboxylic acids is 1. The Bertz CT molecular complexity index is 1050. The molecule has 2 N–H and O–H groups in total. The maximum absolute atomic E-state index is 14.9. The van der Waals surface area contributed by atoms with Gasteiger partial charge in [-0.1, -0.05) is 19.9 Å². The van der Waals surface area contributed by atoms with Crippen LogP contribution in [-0.4, -0.2) is 23.5 Å². The maximum Gasteiger partial charge on any atom is 0.255 e. The van der Waals surface area contributed by atoms with E-state index in [0.29, 0.717) is 29.5 Å². The molecule has 30 heavy (non-hydrogen) atoms. The zero-order valence-electron chi connectivity index (χ0n) is 17.2. The van der Waals surface area contributed by atoms with Gasteiger partial charge in [0.15, 0.2) is 5.82 Å². The predicted molar refractivity (Wildman–Crippen MR) is 116 cm³/mol. The molecule has 0 aliphatic heterocycles. The van der Waals surface area contributed by atoms with E-state index in [4.69, 9.17) is 4.74 Å². The molecule has 1 saturated carbocycles. The first-order valence-electron chi connectivity index (χ1n) is 10.3. The number of amides is 1. The van der Waals surface area contributed by atoms with Gasteiger partial charge in [0.2, 0.25) is 0 Å². The molecule has 0 radical (unpaired) electrons. The van der Waals surface area contributed by atoms with Crippen LogP contribution in [0.2, 0.25) is 0 Å². The third kappa shape index (κ3) is 4.94. The molecular weight excluding hydrogens is 381 g/mol. The van der Waals surface area contributed by atoms with Crippen LogP contribution in [0, 0.1) is 11.7 Å². The summed E-state index contributed by atoms with van der Waals surface area (Å²) in [4.78, 5) is 16.8. The van der Waals surface area contributed by atoms with Crippen molar-refractivity contribution in [1.82, 2.24) is 10.3 Å². The lowest BCUT2D eigenvalue weighted by Crippen LogP contribution is -2.21. The Balaban J connectivity index is 1.45. The lowest BCUT2D eigenvalue weighted by atomic mass is 10.1. The Morgan fingerprint density at radius 2 is 1.97 bits per heavy atom. The number of nitrogens with zero attached hydrogens (tertiary/aromatic N) is 1. The molecule has 1 aromatic heterocycles. The summed E-state index contributed by atoms with van der Waals surface area (Å²) in [6.45, 7) is 5.52. The van der Waals surface area contributed by atoms with Crippen LogP contribution >= 0.6 is 0 Å². The zero-order valence-corrected chi connectivity index (χ0v) is 17.2. The summed E-state index contributed by atoms with van der Waals surface area (Å²) in [6, 6.07) is 12.5. The van der Waals surface area contributed by atoms with E-state index in [1.54, 1.807) is 42.6 Å². The van der Waals surface area contributed by atoms with E-state index in [-0.39, 0.29) is 17.1 Å². The first-order chi connectivity index (χ1) is 14.5. The summed E-state index contributed by atoms with van der Waals surface area (Å²) >= 11 is 0. The topological polar surface area (TPSA) is 63.2 Å². The van der Waals surface area contributed by atoms with Gasteiger partial charge in [-0.2, -0.15) is 0 Å². The number of hydrogen-bond acceptors (Lipinski definition) is 4. The minimum absolute atomic E-state index is 0.113. The van der Waals surface area contributed by atoms with Crippen LogP contribution in [0.5, 0.6) is 5.75 Å². The molecular formula is C24H26FN3O2. The van der Waals surface area contributed by atoms with E-state index in [1.165, 1.54) is 12.8 Å². The molecule has 1 aliphatic rings. The fraction of sp³-hybridized carbons (Fsp3) is 0.333. The SMILES string of the molecule is CC(C)NCc1cnc2c(F)c(NC(=O)c3ccc(OCC4CC4)cc3)ccc2c1. The van der Waals surface area contributed by atoms with Gasteiger partial charge in [0.1, 0.15) is 11.3 Å². The average molecular weight is 407 g/mol. The average Bonchev–Trinajstić information content (AvgIpc) is 3.57. The Morgan fingerprint density at radius 1 is 1.20 bits per heavy atom. The largest absolute Gasteiger partial charge is 0.493 e. The molecule has 1 fully saturated rings. The first-order valence-corrected chi connectivity index (χ1v) is 10.3. The van der Waals surface area contributed by atoms with Crippen molar-refractivity contribution in [2.24, 2.45) is 5.92 Å². The van der Waals surface area contributed by atoms with Gasteiger partial charge in [-0.25, -0.2) is 4.39 Å². The molecule has 5 nitrogen and oxygen atoms in total. The number of carbonyl (C=O) groups is 1. The molecule has 0 atom stereocenters. The van der Waals surface area contributed by atoms with Crippen LogP contribution in [-0.2, 0) is 6.54 Å². The number of halogens is 1. The molecule has 0 unspecified atom stereocenters. The number of rotatable bonds is 8. The summed E-state index contributed by atoms with van der Waals surface area (Å²) < 4.78 is 20.6. The summed E-state index contributed by atoms with van der Waals surface area (Å²) in [5, 5.41) is 6.66. The van der Waals surface area contributed by atoms with Crippen LogP contribution in [0.4, 0.5) is 10.1 Å².